The first-order valence-electron chi connectivity index (χ1n) is 4.74. The van der Waals surface area contributed by atoms with E-state index >= 15 is 0 Å². The second-order valence-corrected chi connectivity index (χ2v) is 4.12. The number of aliphatic carboxylic acids is 1. The van der Waals surface area contributed by atoms with Crippen molar-refractivity contribution in [3.63, 3.8) is 0 Å². The monoisotopic (exact) mass is 201 g/mol. The van der Waals surface area contributed by atoms with Crippen LogP contribution in [0.5, 0.6) is 0 Å². The van der Waals surface area contributed by atoms with Gasteiger partial charge in [0.25, 0.3) is 0 Å². The number of nitrogens with zero attached hydrogens (tertiary/aromatic N) is 1. The summed E-state index contributed by atoms with van der Waals surface area (Å²) in [7, 11) is 1.64. The highest BCUT2D eigenvalue weighted by molar-refractivity contribution is 5.96. The number of hydrogen-bond donors (Lipinski definition) is 1. The number of carbonyl (C=O) groups is 2. The molecule has 1 atom stereocenters. The molecule has 0 heterocycles. The van der Waals surface area contributed by atoms with E-state index in [-0.39, 0.29) is 11.4 Å². The Hall–Kier alpha value is -1.06. The molecule has 14 heavy (non-hydrogen) atoms. The Morgan fingerprint density at radius 2 is 1.86 bits per heavy atom. The molecule has 0 bridgehead atoms. The van der Waals surface area contributed by atoms with E-state index in [0.29, 0.717) is 0 Å². The van der Waals surface area contributed by atoms with Crippen LogP contribution in [0.2, 0.25) is 0 Å². The Labute approximate surface area is 84.9 Å². The molecule has 0 radical (unpaired) electrons. The van der Waals surface area contributed by atoms with Crippen LogP contribution in [-0.4, -0.2) is 34.5 Å². The van der Waals surface area contributed by atoms with E-state index in [1.165, 1.54) is 11.8 Å². The lowest BCUT2D eigenvalue weighted by molar-refractivity contribution is -0.152. The van der Waals surface area contributed by atoms with Gasteiger partial charge in [-0.3, -0.25) is 9.59 Å². The molecule has 0 rings (SSSR count). The molecule has 0 aromatic rings. The van der Waals surface area contributed by atoms with Gasteiger partial charge in [0.1, 0.15) is 5.92 Å². The Morgan fingerprint density at radius 3 is 2.14 bits per heavy atom. The first-order chi connectivity index (χ1) is 6.24. The summed E-state index contributed by atoms with van der Waals surface area (Å²) in [6.45, 7) is 7.21. The summed E-state index contributed by atoms with van der Waals surface area (Å²) in [5, 5.41) is 8.69. The Bertz CT molecular complexity index is 236. The third-order valence-electron chi connectivity index (χ3n) is 2.84. The predicted octanol–water partition coefficient (Wildman–Crippen LogP) is 1.35. The van der Waals surface area contributed by atoms with Crippen molar-refractivity contribution in [2.75, 3.05) is 7.05 Å². The maximum absolute atomic E-state index is 11.6. The smallest absolute Gasteiger partial charge is 0.315 e. The van der Waals surface area contributed by atoms with Gasteiger partial charge < -0.3 is 10.0 Å². The van der Waals surface area contributed by atoms with Crippen LogP contribution in [0.25, 0.3) is 0 Å². The highest BCUT2D eigenvalue weighted by Crippen LogP contribution is 2.18. The Kier molecular flexibility index (Phi) is 4.10. The summed E-state index contributed by atoms with van der Waals surface area (Å²) < 4.78 is 0. The molecular formula is C10H19NO3. The minimum absolute atomic E-state index is 0.291. The van der Waals surface area contributed by atoms with Gasteiger partial charge in [0, 0.05) is 12.6 Å². The summed E-state index contributed by atoms with van der Waals surface area (Å²) in [6.07, 6.45) is 0.793. The van der Waals surface area contributed by atoms with Gasteiger partial charge in [0.2, 0.25) is 5.91 Å². The molecule has 1 unspecified atom stereocenters. The summed E-state index contributed by atoms with van der Waals surface area (Å²) >= 11 is 0. The number of amides is 1. The zero-order valence-corrected chi connectivity index (χ0v) is 9.50. The predicted molar refractivity (Wildman–Crippen MR) is 53.9 cm³/mol. The van der Waals surface area contributed by atoms with Gasteiger partial charge in [-0.1, -0.05) is 6.92 Å². The van der Waals surface area contributed by atoms with Crippen LogP contribution >= 0.6 is 0 Å². The molecule has 0 fully saturated rings. The fourth-order valence-corrected chi connectivity index (χ4v) is 0.932. The average Bonchev–Trinajstić information content (AvgIpc) is 2.14. The van der Waals surface area contributed by atoms with Crippen LogP contribution < -0.4 is 0 Å². The van der Waals surface area contributed by atoms with Crippen LogP contribution in [0.15, 0.2) is 0 Å². The summed E-state index contributed by atoms with van der Waals surface area (Å²) in [6, 6.07) is 0. The van der Waals surface area contributed by atoms with Crippen LogP contribution in [0.3, 0.4) is 0 Å². The van der Waals surface area contributed by atoms with E-state index < -0.39 is 11.9 Å². The van der Waals surface area contributed by atoms with Crippen molar-refractivity contribution in [2.45, 2.75) is 39.7 Å². The van der Waals surface area contributed by atoms with Gasteiger partial charge in [0.15, 0.2) is 0 Å². The summed E-state index contributed by atoms with van der Waals surface area (Å²) in [4.78, 5) is 23.8. The van der Waals surface area contributed by atoms with Gasteiger partial charge in [-0.2, -0.15) is 0 Å². The van der Waals surface area contributed by atoms with E-state index in [0.717, 1.165) is 6.42 Å². The first-order valence-corrected chi connectivity index (χ1v) is 4.74. The van der Waals surface area contributed by atoms with Crippen LogP contribution in [0.4, 0.5) is 0 Å². The summed E-state index contributed by atoms with van der Waals surface area (Å²) in [5.41, 5.74) is -0.291. The van der Waals surface area contributed by atoms with Gasteiger partial charge in [-0.05, 0) is 27.2 Å². The first kappa shape index (κ1) is 12.9. The summed E-state index contributed by atoms with van der Waals surface area (Å²) in [5.74, 6) is -2.39. The fourth-order valence-electron chi connectivity index (χ4n) is 0.932. The van der Waals surface area contributed by atoms with Gasteiger partial charge in [0.05, 0.1) is 0 Å². The van der Waals surface area contributed by atoms with Crippen LogP contribution in [-0.2, 0) is 9.59 Å². The van der Waals surface area contributed by atoms with E-state index in [9.17, 15) is 9.59 Å². The molecule has 0 aromatic carbocycles. The lowest BCUT2D eigenvalue weighted by atomic mass is 9.98. The van der Waals surface area contributed by atoms with Crippen molar-refractivity contribution in [1.29, 1.82) is 0 Å². The van der Waals surface area contributed by atoms with Crippen molar-refractivity contribution >= 4 is 11.9 Å². The minimum Gasteiger partial charge on any atom is -0.481 e. The molecule has 82 valence electrons. The average molecular weight is 201 g/mol. The third kappa shape index (κ3) is 2.72. The number of rotatable bonds is 4. The topological polar surface area (TPSA) is 57.6 Å². The molecule has 0 saturated heterocycles. The SMILES string of the molecule is CCC(C)(C)N(C)C(=O)C(C)C(=O)O. The molecule has 4 nitrogen and oxygen atoms in total. The molecule has 0 saturated carbocycles. The second-order valence-electron chi connectivity index (χ2n) is 4.12. The molecule has 0 spiro atoms. The minimum atomic E-state index is -1.08. The maximum atomic E-state index is 11.6. The second kappa shape index (κ2) is 4.44. The zero-order valence-electron chi connectivity index (χ0n) is 9.50. The lowest BCUT2D eigenvalue weighted by Crippen LogP contribution is -2.48. The molecule has 0 aliphatic carbocycles. The molecule has 0 aliphatic heterocycles. The highest BCUT2D eigenvalue weighted by atomic mass is 16.4. The van der Waals surface area contributed by atoms with Crippen molar-refractivity contribution in [3.8, 4) is 0 Å². The van der Waals surface area contributed by atoms with Crippen molar-refractivity contribution in [3.05, 3.63) is 0 Å². The Morgan fingerprint density at radius 1 is 1.43 bits per heavy atom. The van der Waals surface area contributed by atoms with Gasteiger partial charge in [-0.25, -0.2) is 0 Å². The van der Waals surface area contributed by atoms with Crippen molar-refractivity contribution < 1.29 is 14.7 Å². The largest absolute Gasteiger partial charge is 0.481 e. The standard InChI is InChI=1S/C10H19NO3/c1-6-10(3,4)11(5)8(12)7(2)9(13)14/h7H,6H2,1-5H3,(H,13,14). The fraction of sp³-hybridized carbons (Fsp3) is 0.800. The van der Waals surface area contributed by atoms with E-state index in [1.807, 2.05) is 20.8 Å². The quantitative estimate of drug-likeness (QED) is 0.698. The van der Waals surface area contributed by atoms with Crippen LogP contribution in [0.1, 0.15) is 34.1 Å². The van der Waals surface area contributed by atoms with E-state index in [1.54, 1.807) is 7.05 Å². The molecule has 0 aliphatic rings. The molecule has 0 aromatic heterocycles. The van der Waals surface area contributed by atoms with Gasteiger partial charge in [-0.15, -0.1) is 0 Å². The number of hydrogen-bond acceptors (Lipinski definition) is 2. The van der Waals surface area contributed by atoms with Gasteiger partial charge >= 0.3 is 5.97 Å². The zero-order chi connectivity index (χ0) is 11.5. The molecule has 4 heteroatoms. The van der Waals surface area contributed by atoms with Crippen molar-refractivity contribution in [1.82, 2.24) is 4.90 Å². The lowest BCUT2D eigenvalue weighted by Gasteiger charge is -2.35. The normalized spacial score (nSPS) is 13.5. The maximum Gasteiger partial charge on any atom is 0.315 e. The molecule has 1 N–H and O–H groups in total. The third-order valence-corrected chi connectivity index (χ3v) is 2.84. The number of carboxylic acid groups (broad SMARTS) is 1. The molecular weight excluding hydrogens is 182 g/mol. The Balaban J connectivity index is 4.63. The van der Waals surface area contributed by atoms with E-state index in [4.69, 9.17) is 5.11 Å². The number of carboxylic acids is 1. The number of carbonyl (C=O) groups excluding carboxylic acids is 1. The highest BCUT2D eigenvalue weighted by Gasteiger charge is 2.31. The van der Waals surface area contributed by atoms with Crippen LogP contribution in [0, 0.1) is 5.92 Å². The van der Waals surface area contributed by atoms with E-state index in [2.05, 4.69) is 0 Å². The molecule has 1 amide bonds. The van der Waals surface area contributed by atoms with Crippen molar-refractivity contribution in [2.24, 2.45) is 5.92 Å².